The van der Waals surface area contributed by atoms with Crippen molar-refractivity contribution < 1.29 is 9.15 Å². The van der Waals surface area contributed by atoms with Gasteiger partial charge in [-0.2, -0.15) is 0 Å². The second-order valence-electron chi connectivity index (χ2n) is 3.57. The third-order valence-electron chi connectivity index (χ3n) is 1.53. The van der Waals surface area contributed by atoms with Gasteiger partial charge in [-0.25, -0.2) is 0 Å². The Morgan fingerprint density at radius 3 is 2.36 bits per heavy atom. The van der Waals surface area contributed by atoms with E-state index >= 15 is 0 Å². The van der Waals surface area contributed by atoms with Crippen molar-refractivity contribution >= 4 is 13.5 Å². The van der Waals surface area contributed by atoms with Crippen molar-refractivity contribution in [2.45, 2.75) is 19.6 Å². The fourth-order valence-corrected chi connectivity index (χ4v) is 2.35. The summed E-state index contributed by atoms with van der Waals surface area (Å²) in [7, 11) is 0.337. The number of ether oxygens (including phenoxy) is 1. The maximum atomic E-state index is 5.36. The fourth-order valence-electron chi connectivity index (χ4n) is 1.00. The van der Waals surface area contributed by atoms with Crippen LogP contribution in [0.15, 0.2) is 16.7 Å². The van der Waals surface area contributed by atoms with E-state index in [2.05, 4.69) is 19.6 Å². The Bertz CT molecular complexity index is 234. The summed E-state index contributed by atoms with van der Waals surface area (Å²) in [6.07, 6.45) is 1.69. The molecule has 0 saturated carbocycles. The maximum Gasteiger partial charge on any atom is 0.155 e. The number of rotatable bonds is 2. The molecule has 2 nitrogen and oxygen atoms in total. The molecule has 0 aliphatic rings. The Hall–Kier alpha value is -0.703. The van der Waals surface area contributed by atoms with Gasteiger partial charge in [0.25, 0.3) is 0 Å². The van der Waals surface area contributed by atoms with E-state index in [0.717, 1.165) is 11.1 Å². The maximum absolute atomic E-state index is 5.36. The smallest absolute Gasteiger partial charge is 0.155 e. The first-order valence-corrected chi connectivity index (χ1v) is 7.17. The molecule has 0 atom stereocenters. The lowest BCUT2D eigenvalue weighted by atomic mass is 10.6. The SMILES string of the molecule is COc1ccoc1[Si](C)(C)C. The van der Waals surface area contributed by atoms with Crippen LogP contribution in [-0.2, 0) is 0 Å². The molecule has 0 N–H and O–H groups in total. The zero-order valence-corrected chi connectivity index (χ0v) is 8.47. The Morgan fingerprint density at radius 1 is 1.36 bits per heavy atom. The van der Waals surface area contributed by atoms with Crippen LogP contribution in [0.25, 0.3) is 0 Å². The van der Waals surface area contributed by atoms with E-state index in [1.54, 1.807) is 13.4 Å². The molecule has 3 heteroatoms. The van der Waals surface area contributed by atoms with Gasteiger partial charge >= 0.3 is 0 Å². The minimum Gasteiger partial charge on any atom is -0.494 e. The fraction of sp³-hybridized carbons (Fsp3) is 0.500. The minimum absolute atomic E-state index is 0.893. The lowest BCUT2D eigenvalue weighted by molar-refractivity contribution is 0.413. The average molecular weight is 170 g/mol. The van der Waals surface area contributed by atoms with E-state index in [9.17, 15) is 0 Å². The van der Waals surface area contributed by atoms with Crippen LogP contribution in [0.4, 0.5) is 0 Å². The lowest BCUT2D eigenvalue weighted by Gasteiger charge is -2.13. The molecule has 1 rings (SSSR count). The highest BCUT2D eigenvalue weighted by molar-refractivity contribution is 6.88. The molecule has 0 saturated heterocycles. The molecule has 0 aliphatic heterocycles. The van der Waals surface area contributed by atoms with Gasteiger partial charge in [0.2, 0.25) is 0 Å². The van der Waals surface area contributed by atoms with E-state index in [4.69, 9.17) is 9.15 Å². The molecule has 0 amide bonds. The van der Waals surface area contributed by atoms with Crippen LogP contribution < -0.4 is 10.1 Å². The lowest BCUT2D eigenvalue weighted by Crippen LogP contribution is -2.37. The van der Waals surface area contributed by atoms with Gasteiger partial charge in [-0.05, 0) is 0 Å². The summed E-state index contributed by atoms with van der Waals surface area (Å²) in [5.74, 6) is 0.893. The Labute approximate surface area is 68.2 Å². The van der Waals surface area contributed by atoms with Crippen LogP contribution in [0.5, 0.6) is 5.75 Å². The van der Waals surface area contributed by atoms with E-state index in [1.165, 1.54) is 0 Å². The first-order chi connectivity index (χ1) is 5.05. The molecule has 0 unspecified atom stereocenters. The van der Waals surface area contributed by atoms with Crippen molar-refractivity contribution in [3.8, 4) is 5.75 Å². The summed E-state index contributed by atoms with van der Waals surface area (Å²) in [5.41, 5.74) is 0. The van der Waals surface area contributed by atoms with Crippen molar-refractivity contribution in [2.75, 3.05) is 7.11 Å². The molecule has 1 aromatic heterocycles. The molecule has 0 radical (unpaired) electrons. The minimum atomic E-state index is -1.34. The first kappa shape index (κ1) is 8.39. The van der Waals surface area contributed by atoms with E-state index < -0.39 is 8.07 Å². The van der Waals surface area contributed by atoms with Crippen molar-refractivity contribution in [3.05, 3.63) is 12.3 Å². The highest BCUT2D eigenvalue weighted by Gasteiger charge is 2.24. The van der Waals surface area contributed by atoms with Crippen LogP contribution in [-0.4, -0.2) is 15.2 Å². The third-order valence-corrected chi connectivity index (χ3v) is 3.26. The summed E-state index contributed by atoms with van der Waals surface area (Å²) in [6.45, 7) is 6.69. The molecule has 62 valence electrons. The molecule has 1 aromatic rings. The summed E-state index contributed by atoms with van der Waals surface area (Å²) in [5, 5.41) is 1.04. The third kappa shape index (κ3) is 1.65. The quantitative estimate of drug-likeness (QED) is 0.632. The number of hydrogen-bond donors (Lipinski definition) is 0. The predicted molar refractivity (Wildman–Crippen MR) is 48.2 cm³/mol. The summed E-state index contributed by atoms with van der Waals surface area (Å²) < 4.78 is 10.5. The highest BCUT2D eigenvalue weighted by atomic mass is 28.3. The van der Waals surface area contributed by atoms with Gasteiger partial charge < -0.3 is 9.15 Å². The summed E-state index contributed by atoms with van der Waals surface area (Å²) in [6, 6.07) is 1.87. The zero-order chi connectivity index (χ0) is 8.48. The van der Waals surface area contributed by atoms with Gasteiger partial charge in [-0.1, -0.05) is 19.6 Å². The highest BCUT2D eigenvalue weighted by Crippen LogP contribution is 2.14. The van der Waals surface area contributed by atoms with Crippen LogP contribution in [0.2, 0.25) is 19.6 Å². The average Bonchev–Trinajstić information content (AvgIpc) is 2.31. The number of hydrogen-bond acceptors (Lipinski definition) is 2. The standard InChI is InChI=1S/C8H14O2Si/c1-9-7-5-6-10-8(7)11(2,3)4/h5-6H,1-4H3. The molecular formula is C8H14O2Si. The van der Waals surface area contributed by atoms with Gasteiger partial charge in [0.15, 0.2) is 5.75 Å². The molecule has 0 bridgehead atoms. The summed E-state index contributed by atoms with van der Waals surface area (Å²) >= 11 is 0. The van der Waals surface area contributed by atoms with Gasteiger partial charge in [-0.3, -0.25) is 0 Å². The van der Waals surface area contributed by atoms with E-state index in [0.29, 0.717) is 0 Å². The predicted octanol–water partition coefficient (Wildman–Crippen LogP) is 1.83. The molecular weight excluding hydrogens is 156 g/mol. The van der Waals surface area contributed by atoms with E-state index in [1.807, 2.05) is 6.07 Å². The summed E-state index contributed by atoms with van der Waals surface area (Å²) in [4.78, 5) is 0. The van der Waals surface area contributed by atoms with Crippen molar-refractivity contribution in [3.63, 3.8) is 0 Å². The largest absolute Gasteiger partial charge is 0.494 e. The first-order valence-electron chi connectivity index (χ1n) is 3.67. The van der Waals surface area contributed by atoms with Crippen molar-refractivity contribution in [1.82, 2.24) is 0 Å². The Morgan fingerprint density at radius 2 is 2.00 bits per heavy atom. The second kappa shape index (κ2) is 2.74. The zero-order valence-electron chi connectivity index (χ0n) is 7.47. The number of furan rings is 1. The van der Waals surface area contributed by atoms with Gasteiger partial charge in [0.1, 0.15) is 13.5 Å². The normalized spacial score (nSPS) is 11.6. The second-order valence-corrected chi connectivity index (χ2v) is 8.52. The molecule has 0 fully saturated rings. The van der Waals surface area contributed by atoms with Gasteiger partial charge in [0.05, 0.1) is 13.4 Å². The van der Waals surface area contributed by atoms with E-state index in [-0.39, 0.29) is 0 Å². The van der Waals surface area contributed by atoms with Crippen LogP contribution in [0, 0.1) is 0 Å². The topological polar surface area (TPSA) is 22.4 Å². The van der Waals surface area contributed by atoms with Crippen molar-refractivity contribution in [2.24, 2.45) is 0 Å². The molecule has 0 spiro atoms. The molecule has 0 aliphatic carbocycles. The number of methoxy groups -OCH3 is 1. The molecule has 1 heterocycles. The van der Waals surface area contributed by atoms with Crippen molar-refractivity contribution in [1.29, 1.82) is 0 Å². The Kier molecular flexibility index (Phi) is 2.09. The van der Waals surface area contributed by atoms with Crippen LogP contribution >= 0.6 is 0 Å². The Balaban J connectivity index is 3.02. The van der Waals surface area contributed by atoms with Gasteiger partial charge in [0, 0.05) is 6.07 Å². The monoisotopic (exact) mass is 170 g/mol. The molecule has 11 heavy (non-hydrogen) atoms. The van der Waals surface area contributed by atoms with Crippen LogP contribution in [0.3, 0.4) is 0 Å². The van der Waals surface area contributed by atoms with Gasteiger partial charge in [-0.15, -0.1) is 0 Å². The van der Waals surface area contributed by atoms with Crippen LogP contribution in [0.1, 0.15) is 0 Å². The molecule has 0 aromatic carbocycles.